The summed E-state index contributed by atoms with van der Waals surface area (Å²) < 4.78 is 0.302. The molecular weight excluding hydrogens is 378 g/mol. The largest absolute Gasteiger partial charge is 0.357 e. The van der Waals surface area contributed by atoms with Gasteiger partial charge < -0.3 is 15.5 Å². The van der Waals surface area contributed by atoms with Crippen LogP contribution in [0.2, 0.25) is 0 Å². The Morgan fingerprint density at radius 2 is 1.90 bits per heavy atom. The summed E-state index contributed by atoms with van der Waals surface area (Å²) >= 11 is 1.99. The van der Waals surface area contributed by atoms with Crippen LogP contribution in [0.25, 0.3) is 0 Å². The highest BCUT2D eigenvalue weighted by Crippen LogP contribution is 2.51. The van der Waals surface area contributed by atoms with Gasteiger partial charge in [0.05, 0.1) is 6.54 Å². The minimum atomic E-state index is 0.302. The van der Waals surface area contributed by atoms with Gasteiger partial charge in [-0.3, -0.25) is 0 Å². The third-order valence-corrected chi connectivity index (χ3v) is 6.96. The van der Waals surface area contributed by atoms with Gasteiger partial charge >= 0.3 is 0 Å². The van der Waals surface area contributed by atoms with E-state index in [1.807, 2.05) is 18.0 Å². The van der Waals surface area contributed by atoms with E-state index in [4.69, 9.17) is 4.99 Å². The average Bonchev–Trinajstić information content (AvgIpc) is 3.29. The summed E-state index contributed by atoms with van der Waals surface area (Å²) in [5.74, 6) is 1.98. The van der Waals surface area contributed by atoms with Crippen molar-refractivity contribution in [1.82, 2.24) is 15.6 Å². The summed E-state index contributed by atoms with van der Waals surface area (Å²) in [5, 5.41) is 6.93. The van der Waals surface area contributed by atoms with E-state index in [-0.39, 0.29) is 0 Å². The minimum absolute atomic E-state index is 0.302. The molecule has 1 aromatic heterocycles. The number of guanidine groups is 1. The van der Waals surface area contributed by atoms with Crippen LogP contribution < -0.4 is 15.5 Å². The van der Waals surface area contributed by atoms with Crippen LogP contribution >= 0.6 is 11.8 Å². The Morgan fingerprint density at radius 3 is 2.55 bits per heavy atom. The van der Waals surface area contributed by atoms with E-state index in [1.54, 1.807) is 0 Å². The van der Waals surface area contributed by atoms with Gasteiger partial charge in [0.25, 0.3) is 0 Å². The fraction of sp³-hybridized carbons (Fsp3) is 0.478. The summed E-state index contributed by atoms with van der Waals surface area (Å²) in [6.07, 6.45) is 7.01. The van der Waals surface area contributed by atoms with Gasteiger partial charge in [0.2, 0.25) is 0 Å². The summed E-state index contributed by atoms with van der Waals surface area (Å²) in [7, 11) is 0. The fourth-order valence-electron chi connectivity index (χ4n) is 3.59. The first-order valence-electron chi connectivity index (χ1n) is 10.7. The molecule has 6 heteroatoms. The van der Waals surface area contributed by atoms with E-state index >= 15 is 0 Å². The normalized spacial score (nSPS) is 18.0. The summed E-state index contributed by atoms with van der Waals surface area (Å²) in [4.78, 5) is 13.1. The van der Waals surface area contributed by atoms with Crippen molar-refractivity contribution in [3.8, 4) is 0 Å². The van der Waals surface area contributed by atoms with Crippen LogP contribution in [0.3, 0.4) is 0 Å². The molecular formula is C23H31N5S. The van der Waals surface area contributed by atoms with Crippen molar-refractivity contribution >= 4 is 23.5 Å². The Kier molecular flexibility index (Phi) is 6.60. The highest BCUT2D eigenvalue weighted by Gasteiger charge is 2.43. The van der Waals surface area contributed by atoms with Gasteiger partial charge in [-0.1, -0.05) is 24.3 Å². The molecule has 2 aromatic rings. The van der Waals surface area contributed by atoms with E-state index < -0.39 is 0 Å². The van der Waals surface area contributed by atoms with Gasteiger partial charge in [-0.2, -0.15) is 0 Å². The lowest BCUT2D eigenvalue weighted by atomic mass is 10.3. The molecule has 2 fully saturated rings. The van der Waals surface area contributed by atoms with Crippen molar-refractivity contribution in [2.45, 2.75) is 48.8 Å². The number of nitrogens with one attached hydrogen (secondary N) is 2. The highest BCUT2D eigenvalue weighted by atomic mass is 32.2. The highest BCUT2D eigenvalue weighted by molar-refractivity contribution is 8.01. The van der Waals surface area contributed by atoms with E-state index in [0.29, 0.717) is 11.3 Å². The van der Waals surface area contributed by atoms with Crippen LogP contribution in [0.15, 0.2) is 58.5 Å². The van der Waals surface area contributed by atoms with E-state index in [0.717, 1.165) is 43.5 Å². The second kappa shape index (κ2) is 9.53. The van der Waals surface area contributed by atoms with E-state index in [9.17, 15) is 0 Å². The van der Waals surface area contributed by atoms with Gasteiger partial charge in [-0.25, -0.2) is 9.98 Å². The van der Waals surface area contributed by atoms with E-state index in [2.05, 4.69) is 69.9 Å². The van der Waals surface area contributed by atoms with Crippen LogP contribution in [0.5, 0.6) is 0 Å². The Labute approximate surface area is 178 Å². The van der Waals surface area contributed by atoms with Gasteiger partial charge in [0.1, 0.15) is 5.82 Å². The van der Waals surface area contributed by atoms with Crippen LogP contribution in [-0.2, 0) is 6.54 Å². The Balaban J connectivity index is 1.32. The lowest BCUT2D eigenvalue weighted by Crippen LogP contribution is -2.41. The number of pyridine rings is 1. The first-order chi connectivity index (χ1) is 14.3. The van der Waals surface area contributed by atoms with Crippen LogP contribution in [-0.4, -0.2) is 41.9 Å². The van der Waals surface area contributed by atoms with Crippen molar-refractivity contribution in [2.24, 2.45) is 4.99 Å². The predicted octanol–water partition coefficient (Wildman–Crippen LogP) is 4.06. The molecule has 4 rings (SSSR count). The smallest absolute Gasteiger partial charge is 0.191 e. The van der Waals surface area contributed by atoms with Crippen molar-refractivity contribution in [2.75, 3.05) is 31.1 Å². The van der Waals surface area contributed by atoms with Crippen LogP contribution in [0, 0.1) is 0 Å². The maximum atomic E-state index is 4.78. The van der Waals surface area contributed by atoms with E-state index in [1.165, 1.54) is 30.6 Å². The Bertz CT molecular complexity index is 796. The second-order valence-corrected chi connectivity index (χ2v) is 9.41. The summed E-state index contributed by atoms with van der Waals surface area (Å²) in [6.45, 7) is 6.79. The van der Waals surface area contributed by atoms with Crippen LogP contribution in [0.4, 0.5) is 5.82 Å². The molecule has 1 aliphatic carbocycles. The van der Waals surface area contributed by atoms with Gasteiger partial charge in [0.15, 0.2) is 5.96 Å². The van der Waals surface area contributed by atoms with Gasteiger partial charge in [-0.15, -0.1) is 11.8 Å². The third kappa shape index (κ3) is 5.66. The molecule has 0 unspecified atom stereocenters. The zero-order valence-corrected chi connectivity index (χ0v) is 18.0. The summed E-state index contributed by atoms with van der Waals surface area (Å²) in [6, 6.07) is 15.0. The standard InChI is InChI=1S/C23H31N5S/c1-2-24-22(27-18-23(12-13-23)29-20-8-4-3-5-9-20)26-17-19-10-11-21(25-16-19)28-14-6-7-15-28/h3-5,8-11,16H,2,6-7,12-15,17-18H2,1H3,(H2,24,26,27). The number of anilines is 1. The fourth-order valence-corrected chi connectivity index (χ4v) is 4.84. The molecule has 0 radical (unpaired) electrons. The topological polar surface area (TPSA) is 52.6 Å². The zero-order valence-electron chi connectivity index (χ0n) is 17.2. The molecule has 1 aliphatic heterocycles. The third-order valence-electron chi connectivity index (χ3n) is 5.47. The Hall–Kier alpha value is -2.21. The molecule has 1 aromatic carbocycles. The number of rotatable bonds is 8. The molecule has 0 spiro atoms. The number of benzene rings is 1. The quantitative estimate of drug-likeness (QED) is 0.509. The average molecular weight is 410 g/mol. The lowest BCUT2D eigenvalue weighted by Gasteiger charge is -2.18. The molecule has 0 bridgehead atoms. The van der Waals surface area contributed by atoms with Crippen molar-refractivity contribution in [1.29, 1.82) is 0 Å². The number of nitrogens with zero attached hydrogens (tertiary/aromatic N) is 3. The lowest BCUT2D eigenvalue weighted by molar-refractivity contribution is 0.769. The second-order valence-electron chi connectivity index (χ2n) is 7.87. The maximum absolute atomic E-state index is 4.78. The zero-order chi connectivity index (χ0) is 19.9. The molecule has 1 saturated heterocycles. The number of aromatic nitrogens is 1. The molecule has 0 atom stereocenters. The number of hydrogen-bond donors (Lipinski definition) is 2. The molecule has 2 aliphatic rings. The molecule has 2 heterocycles. The monoisotopic (exact) mass is 409 g/mol. The Morgan fingerprint density at radius 1 is 1.10 bits per heavy atom. The molecule has 2 N–H and O–H groups in total. The molecule has 154 valence electrons. The predicted molar refractivity (Wildman–Crippen MR) is 123 cm³/mol. The van der Waals surface area contributed by atoms with Gasteiger partial charge in [-0.05, 0) is 56.4 Å². The maximum Gasteiger partial charge on any atom is 0.191 e. The van der Waals surface area contributed by atoms with Gasteiger partial charge in [0, 0.05) is 42.0 Å². The van der Waals surface area contributed by atoms with Crippen LogP contribution in [0.1, 0.15) is 38.2 Å². The van der Waals surface area contributed by atoms with Crippen molar-refractivity contribution < 1.29 is 0 Å². The molecule has 29 heavy (non-hydrogen) atoms. The first kappa shape index (κ1) is 20.1. The van der Waals surface area contributed by atoms with Crippen molar-refractivity contribution in [3.63, 3.8) is 0 Å². The molecule has 0 amide bonds. The SMILES string of the molecule is CCNC(=NCc1ccc(N2CCCC2)nc1)NCC1(Sc2ccccc2)CC1. The first-order valence-corrected chi connectivity index (χ1v) is 11.5. The number of thioether (sulfide) groups is 1. The number of aliphatic imine (C=N–C) groups is 1. The number of hydrogen-bond acceptors (Lipinski definition) is 4. The minimum Gasteiger partial charge on any atom is -0.357 e. The summed E-state index contributed by atoms with van der Waals surface area (Å²) in [5.41, 5.74) is 1.14. The van der Waals surface area contributed by atoms with Crippen molar-refractivity contribution in [3.05, 3.63) is 54.2 Å². The molecule has 1 saturated carbocycles. The molecule has 5 nitrogen and oxygen atoms in total.